The summed E-state index contributed by atoms with van der Waals surface area (Å²) in [5.41, 5.74) is 6.55. The molecule has 0 aliphatic carbocycles. The van der Waals surface area contributed by atoms with Crippen molar-refractivity contribution in [3.8, 4) is 0 Å². The molecule has 0 aliphatic rings. The van der Waals surface area contributed by atoms with Gasteiger partial charge in [-0.3, -0.25) is 19.2 Å². The standard InChI is InChI=1S/4C16H14O3.2Co.10H2O/c4*1-11(16(18)19)13-8-5-9-14(10-13)15(17)12-6-3-2-4-7-12;;;;;;;;;;;;/h4*2-11H,1H3,(H,18,19);;;10*1H2/q;;;;2*+2;;;;;;;;;;/p+4/t4*11-;;;;;;;;;;;;/m1100............/s1. The molecule has 8 aromatic carbocycles. The first-order valence-electron chi connectivity index (χ1n) is 24.0. The van der Waals surface area contributed by atoms with Gasteiger partial charge in [-0.15, -0.1) is 0 Å². The summed E-state index contributed by atoms with van der Waals surface area (Å²) >= 11 is 0. The summed E-state index contributed by atoms with van der Waals surface area (Å²) in [7, 11) is 0. The molecule has 0 spiro atoms. The fourth-order valence-corrected chi connectivity index (χ4v) is 7.37. The molecule has 0 fully saturated rings. The third-order valence-electron chi connectivity index (χ3n) is 12.2. The third-order valence-corrected chi connectivity index (χ3v) is 12.2. The van der Waals surface area contributed by atoms with Gasteiger partial charge in [-0.25, -0.2) is 0 Å². The first-order chi connectivity index (χ1) is 36.4. The number of rotatable bonds is 16. The molecule has 0 amide bonds. The summed E-state index contributed by atoms with van der Waals surface area (Å²) in [5, 5.41) is 43.4. The van der Waals surface area contributed by atoms with Crippen molar-refractivity contribution >= 4 is 47.0 Å². The number of carboxylic acids is 4. The molecule has 24 heteroatoms. The van der Waals surface area contributed by atoms with Crippen molar-refractivity contribution in [3.63, 3.8) is 0 Å². The Morgan fingerprint density at radius 3 is 0.511 bits per heavy atom. The Morgan fingerprint density at radius 1 is 0.239 bits per heavy atom. The van der Waals surface area contributed by atoms with Crippen molar-refractivity contribution in [2.45, 2.75) is 51.4 Å². The van der Waals surface area contributed by atoms with Gasteiger partial charge in [0, 0.05) is 92.1 Å². The summed E-state index contributed by atoms with van der Waals surface area (Å²) in [4.78, 5) is 92.3. The number of hydrogen-bond acceptors (Lipinski definition) is 12. The zero-order chi connectivity index (χ0) is 55.3. The molecule has 0 saturated heterocycles. The fraction of sp³-hybridized carbons (Fsp3) is 0.125. The van der Waals surface area contributed by atoms with Crippen LogP contribution in [0.4, 0.5) is 0 Å². The molecule has 0 unspecified atom stereocenters. The van der Waals surface area contributed by atoms with Crippen molar-refractivity contribution in [3.05, 3.63) is 285 Å². The number of carbonyl (C=O) groups excluding carboxylic acids is 8. The van der Waals surface area contributed by atoms with Gasteiger partial charge in [0.2, 0.25) is 0 Å². The minimum absolute atomic E-state index is 0. The normalized spacial score (nSPS) is 10.2. The summed E-state index contributed by atoms with van der Waals surface area (Å²) < 4.78 is 0. The molecule has 0 aliphatic heterocycles. The van der Waals surface area contributed by atoms with E-state index in [1.807, 2.05) is 24.3 Å². The smallest absolute Gasteiger partial charge is 0.550 e. The van der Waals surface area contributed by atoms with Crippen LogP contribution in [0.25, 0.3) is 0 Å². The van der Waals surface area contributed by atoms with Gasteiger partial charge in [0.15, 0.2) is 23.1 Å². The fourth-order valence-electron chi connectivity index (χ4n) is 7.37. The minimum atomic E-state index is -1.15. The number of carboxylic acid groups (broad SMARTS) is 4. The second-order valence-corrected chi connectivity index (χ2v) is 17.4. The van der Waals surface area contributed by atoms with Crippen LogP contribution >= 0.6 is 0 Å². The molecule has 8 aromatic rings. The Morgan fingerprint density at radius 2 is 0.375 bits per heavy atom. The molecule has 28 N–H and O–H groups in total. The molecule has 0 saturated carbocycles. The van der Waals surface area contributed by atoms with E-state index < -0.39 is 47.5 Å². The molecule has 22 nitrogen and oxygen atoms in total. The van der Waals surface area contributed by atoms with E-state index in [9.17, 15) is 58.8 Å². The largest absolute Gasteiger partial charge is 2.00 e. The second kappa shape index (κ2) is 47.1. The first-order valence-corrected chi connectivity index (χ1v) is 24.0. The summed E-state index contributed by atoms with van der Waals surface area (Å²) in [6.45, 7) is 6.17. The topological polar surface area (TPSA) is 556 Å². The van der Waals surface area contributed by atoms with Crippen LogP contribution in [0.2, 0.25) is 0 Å². The summed E-state index contributed by atoms with van der Waals surface area (Å²) in [6, 6.07) is 62.2. The van der Waals surface area contributed by atoms with Gasteiger partial charge in [0.05, 0.1) is 0 Å². The predicted octanol–water partition coefficient (Wildman–Crippen LogP) is -1.95. The van der Waals surface area contributed by atoms with E-state index in [0.717, 1.165) is 0 Å². The molecule has 478 valence electrons. The second-order valence-electron chi connectivity index (χ2n) is 17.4. The number of hydrogen-bond donors (Lipinski definition) is 0. The van der Waals surface area contributed by atoms with Gasteiger partial charge in [-0.2, -0.15) is 0 Å². The van der Waals surface area contributed by atoms with Crippen LogP contribution in [-0.2, 0) is 96.5 Å². The van der Waals surface area contributed by atoms with Gasteiger partial charge < -0.3 is 94.4 Å². The molecule has 8 rings (SSSR count). The van der Waals surface area contributed by atoms with E-state index in [1.54, 1.807) is 222 Å². The van der Waals surface area contributed by atoms with Gasteiger partial charge in [-0.1, -0.05) is 222 Å². The number of benzene rings is 8. The average Bonchev–Trinajstić information content (AvgIpc) is 3.46. The van der Waals surface area contributed by atoms with Crippen molar-refractivity contribution < 1.29 is 147 Å². The average molecular weight is 1320 g/mol. The van der Waals surface area contributed by atoms with E-state index in [1.165, 1.54) is 0 Å². The SMILES string of the molecule is C[C@@H](C(=O)[O-])c1cccc(C(=O)c2ccccc2)c1.C[C@@H](C(=O)[O-])c1cccc(C(=O)c2ccccc2)c1.C[C@H](C(=O)[O-])c1cccc(C(=O)c2ccccc2)c1.C[C@H](C(=O)[O-])c1cccc(C(=O)c2ccccc2)c1.O.O.[Co+2].[Co+2].[OH3+].[OH3+].[OH3+].[OH3+].[OH3+].[OH3+].[OH3+].[OH3+]. The number of carbonyl (C=O) groups is 8. The molecule has 4 atom stereocenters. The van der Waals surface area contributed by atoms with E-state index in [0.29, 0.717) is 66.8 Å². The monoisotopic (exact) mass is 1320 g/mol. The Balaban J connectivity index is -0.000000155. The Labute approximate surface area is 528 Å². The summed E-state index contributed by atoms with van der Waals surface area (Å²) in [5.74, 6) is -8.00. The van der Waals surface area contributed by atoms with Crippen LogP contribution in [0.5, 0.6) is 0 Å². The maximum absolute atomic E-state index is 12.2. The van der Waals surface area contributed by atoms with Crippen LogP contribution in [-0.4, -0.2) is 58.0 Å². The van der Waals surface area contributed by atoms with Gasteiger partial charge >= 0.3 is 33.6 Å². The van der Waals surface area contributed by atoms with Gasteiger partial charge in [0.1, 0.15) is 0 Å². The van der Waals surface area contributed by atoms with E-state index in [-0.39, 0.29) is 111 Å². The zero-order valence-corrected chi connectivity index (χ0v) is 50.4. The summed E-state index contributed by atoms with van der Waals surface area (Å²) in [6.07, 6.45) is 0. The van der Waals surface area contributed by atoms with Crippen molar-refractivity contribution in [2.75, 3.05) is 0 Å². The zero-order valence-electron chi connectivity index (χ0n) is 48.3. The van der Waals surface area contributed by atoms with Gasteiger partial charge in [-0.05, 0) is 46.5 Å². The number of aliphatic carboxylic acids is 4. The molecule has 2 radical (unpaired) electrons. The maximum atomic E-state index is 12.2. The van der Waals surface area contributed by atoms with Crippen LogP contribution in [0.3, 0.4) is 0 Å². The van der Waals surface area contributed by atoms with Crippen LogP contribution in [0, 0.1) is 0 Å². The van der Waals surface area contributed by atoms with E-state index >= 15 is 0 Å². The third kappa shape index (κ3) is 27.5. The van der Waals surface area contributed by atoms with Crippen molar-refractivity contribution in [1.29, 1.82) is 0 Å². The number of ketones is 4. The van der Waals surface area contributed by atoms with Crippen LogP contribution in [0.15, 0.2) is 218 Å². The van der Waals surface area contributed by atoms with E-state index in [2.05, 4.69) is 0 Å². The Bertz CT molecular complexity index is 2890. The molecule has 0 bridgehead atoms. The Hall–Kier alpha value is -9.07. The van der Waals surface area contributed by atoms with Crippen LogP contribution < -0.4 is 20.4 Å². The van der Waals surface area contributed by atoms with Crippen molar-refractivity contribution in [2.24, 2.45) is 0 Å². The first kappa shape index (κ1) is 95.3. The maximum Gasteiger partial charge on any atom is 2.00 e. The predicted molar refractivity (Wildman–Crippen MR) is 325 cm³/mol. The quantitative estimate of drug-likeness (QED) is 0.0753. The molecular formula is C64H80Co2O22+8. The molecule has 0 heterocycles. The molecular weight excluding hydrogens is 1240 g/mol. The Kier molecular flexibility index (Phi) is 51.0. The van der Waals surface area contributed by atoms with Gasteiger partial charge in [0.25, 0.3) is 0 Å². The van der Waals surface area contributed by atoms with Crippen molar-refractivity contribution in [1.82, 2.24) is 0 Å². The molecule has 88 heavy (non-hydrogen) atoms. The van der Waals surface area contributed by atoms with Crippen LogP contribution in [0.1, 0.15) is 137 Å². The van der Waals surface area contributed by atoms with E-state index in [4.69, 9.17) is 0 Å². The molecule has 0 aromatic heterocycles. The minimum Gasteiger partial charge on any atom is -0.550 e.